The van der Waals surface area contributed by atoms with Crippen molar-refractivity contribution in [1.82, 2.24) is 15.2 Å². The van der Waals surface area contributed by atoms with Gasteiger partial charge in [-0.3, -0.25) is 9.69 Å². The van der Waals surface area contributed by atoms with Crippen molar-refractivity contribution in [2.45, 2.75) is 14.9 Å². The summed E-state index contributed by atoms with van der Waals surface area (Å²) < 4.78 is 0. The van der Waals surface area contributed by atoms with Gasteiger partial charge in [-0.25, -0.2) is 4.98 Å². The van der Waals surface area contributed by atoms with Crippen LogP contribution in [0, 0.1) is 0 Å². The highest BCUT2D eigenvalue weighted by molar-refractivity contribution is 8.00. The van der Waals surface area contributed by atoms with Gasteiger partial charge in [0.25, 0.3) is 0 Å². The minimum absolute atomic E-state index is 0.0304. The monoisotopic (exact) mass is 504 g/mol. The van der Waals surface area contributed by atoms with Crippen LogP contribution in [-0.4, -0.2) is 26.8 Å². The highest BCUT2D eigenvalue weighted by atomic mass is 32.2. The molecule has 0 saturated heterocycles. The Kier molecular flexibility index (Phi) is 6.24. The molecule has 2 heterocycles. The van der Waals surface area contributed by atoms with Gasteiger partial charge in [-0.1, -0.05) is 108 Å². The number of amides is 1. The van der Waals surface area contributed by atoms with Crippen LogP contribution in [0.2, 0.25) is 0 Å². The van der Waals surface area contributed by atoms with Gasteiger partial charge in [0.05, 0.1) is 17.1 Å². The van der Waals surface area contributed by atoms with E-state index in [1.165, 1.54) is 11.8 Å². The summed E-state index contributed by atoms with van der Waals surface area (Å²) in [5.74, 6) is 0.158. The number of aromatic nitrogens is 3. The molecule has 0 atom stereocenters. The zero-order valence-corrected chi connectivity index (χ0v) is 20.7. The zero-order valence-electron chi connectivity index (χ0n) is 19.1. The van der Waals surface area contributed by atoms with Crippen molar-refractivity contribution in [2.24, 2.45) is 0 Å². The predicted octanol–water partition coefficient (Wildman–Crippen LogP) is 7.13. The molecular formula is C29H20N4OS2. The fraction of sp³-hybridized carbons (Fsp3) is 0.0345. The van der Waals surface area contributed by atoms with Crippen LogP contribution >= 0.6 is 23.5 Å². The Labute approximate surface area is 217 Å². The van der Waals surface area contributed by atoms with Crippen LogP contribution in [-0.2, 0) is 4.79 Å². The summed E-state index contributed by atoms with van der Waals surface area (Å²) >= 11 is 2.98. The molecule has 4 aromatic carbocycles. The molecule has 1 aliphatic rings. The number of benzene rings is 4. The van der Waals surface area contributed by atoms with Gasteiger partial charge in [0.2, 0.25) is 11.1 Å². The molecule has 7 heteroatoms. The lowest BCUT2D eigenvalue weighted by molar-refractivity contribution is -0.115. The summed E-state index contributed by atoms with van der Waals surface area (Å²) in [6.07, 6.45) is 0. The summed E-state index contributed by atoms with van der Waals surface area (Å²) in [7, 11) is 0. The first-order valence-electron chi connectivity index (χ1n) is 11.5. The van der Waals surface area contributed by atoms with Gasteiger partial charge in [-0.15, -0.1) is 10.2 Å². The van der Waals surface area contributed by atoms with Crippen LogP contribution in [0.1, 0.15) is 0 Å². The molecular weight excluding hydrogens is 484 g/mol. The fourth-order valence-corrected chi connectivity index (χ4v) is 5.82. The van der Waals surface area contributed by atoms with Crippen molar-refractivity contribution in [1.29, 1.82) is 0 Å². The normalized spacial score (nSPS) is 12.1. The van der Waals surface area contributed by atoms with Crippen LogP contribution < -0.4 is 4.90 Å². The van der Waals surface area contributed by atoms with Crippen LogP contribution in [0.25, 0.3) is 22.5 Å². The maximum absolute atomic E-state index is 13.6. The average molecular weight is 505 g/mol. The fourth-order valence-electron chi connectivity index (χ4n) is 4.12. The summed E-state index contributed by atoms with van der Waals surface area (Å²) in [5, 5.41) is 9.37. The molecule has 0 fully saturated rings. The van der Waals surface area contributed by atoms with Gasteiger partial charge in [0, 0.05) is 20.9 Å². The standard InChI is InChI=1S/C29H20N4OS2/c34-26(33-22-15-7-9-17-24(22)36-25-18-10-8-16-23(25)33)19-35-29-30-27(20-11-3-1-4-12-20)28(31-32-29)21-13-5-2-6-14-21/h1-18H,19H2. The quantitative estimate of drug-likeness (QED) is 0.237. The molecule has 0 bridgehead atoms. The highest BCUT2D eigenvalue weighted by Gasteiger charge is 2.28. The number of thioether (sulfide) groups is 1. The Morgan fingerprint density at radius 3 is 1.81 bits per heavy atom. The minimum Gasteiger partial charge on any atom is -0.278 e. The third kappa shape index (κ3) is 4.39. The first-order valence-corrected chi connectivity index (χ1v) is 13.3. The summed E-state index contributed by atoms with van der Waals surface area (Å²) in [4.78, 5) is 22.3. The largest absolute Gasteiger partial charge is 0.278 e. The van der Waals surface area contributed by atoms with E-state index in [-0.39, 0.29) is 11.7 Å². The number of nitrogens with zero attached hydrogens (tertiary/aromatic N) is 4. The average Bonchev–Trinajstić information content (AvgIpc) is 2.95. The second-order valence-corrected chi connectivity index (χ2v) is 10.1. The van der Waals surface area contributed by atoms with E-state index < -0.39 is 0 Å². The van der Waals surface area contributed by atoms with Gasteiger partial charge in [0.1, 0.15) is 11.4 Å². The molecule has 174 valence electrons. The smallest absolute Gasteiger partial charge is 0.242 e. The molecule has 1 aromatic heterocycles. The molecule has 5 aromatic rings. The number of hydrogen-bond donors (Lipinski definition) is 0. The van der Waals surface area contributed by atoms with E-state index in [1.807, 2.05) is 109 Å². The molecule has 1 amide bonds. The van der Waals surface area contributed by atoms with Gasteiger partial charge < -0.3 is 0 Å². The topological polar surface area (TPSA) is 59.0 Å². The highest BCUT2D eigenvalue weighted by Crippen LogP contribution is 2.48. The van der Waals surface area contributed by atoms with Gasteiger partial charge in [-0.2, -0.15) is 0 Å². The molecule has 0 N–H and O–H groups in total. The van der Waals surface area contributed by atoms with Crippen LogP contribution in [0.3, 0.4) is 0 Å². The van der Waals surface area contributed by atoms with Crippen LogP contribution in [0.4, 0.5) is 11.4 Å². The maximum atomic E-state index is 13.6. The molecule has 6 rings (SSSR count). The SMILES string of the molecule is O=C(CSc1nnc(-c2ccccc2)c(-c2ccccc2)n1)N1c2ccccc2Sc2ccccc21. The van der Waals surface area contributed by atoms with Crippen molar-refractivity contribution in [3.8, 4) is 22.5 Å². The van der Waals surface area contributed by atoms with Crippen molar-refractivity contribution in [3.05, 3.63) is 109 Å². The Morgan fingerprint density at radius 1 is 0.667 bits per heavy atom. The minimum atomic E-state index is -0.0304. The molecule has 1 aliphatic heterocycles. The number of fused-ring (bicyclic) bond motifs is 2. The van der Waals surface area contributed by atoms with Crippen molar-refractivity contribution < 1.29 is 4.79 Å². The van der Waals surface area contributed by atoms with Crippen LogP contribution in [0.5, 0.6) is 0 Å². The van der Waals surface area contributed by atoms with E-state index in [0.717, 1.165) is 38.0 Å². The number of carbonyl (C=O) groups excluding carboxylic acids is 1. The zero-order chi connectivity index (χ0) is 24.3. The third-order valence-corrected chi connectivity index (χ3v) is 7.72. The Bertz CT molecular complexity index is 1500. The molecule has 0 aliphatic carbocycles. The number of anilines is 2. The number of hydrogen-bond acceptors (Lipinski definition) is 6. The van der Waals surface area contributed by atoms with E-state index in [9.17, 15) is 4.79 Å². The van der Waals surface area contributed by atoms with E-state index in [1.54, 1.807) is 16.7 Å². The van der Waals surface area contributed by atoms with E-state index in [4.69, 9.17) is 4.98 Å². The molecule has 0 spiro atoms. The summed E-state index contributed by atoms with van der Waals surface area (Å²) in [6, 6.07) is 35.8. The first kappa shape index (κ1) is 22.5. The van der Waals surface area contributed by atoms with E-state index in [0.29, 0.717) is 10.9 Å². The van der Waals surface area contributed by atoms with Crippen molar-refractivity contribution >= 4 is 40.8 Å². The summed E-state index contributed by atoms with van der Waals surface area (Å²) in [5.41, 5.74) is 5.16. The second kappa shape index (κ2) is 9.97. The lowest BCUT2D eigenvalue weighted by Gasteiger charge is -2.30. The molecule has 5 nitrogen and oxygen atoms in total. The van der Waals surface area contributed by atoms with Gasteiger partial charge >= 0.3 is 0 Å². The molecule has 0 unspecified atom stereocenters. The van der Waals surface area contributed by atoms with Crippen molar-refractivity contribution in [2.75, 3.05) is 10.7 Å². The number of carbonyl (C=O) groups is 1. The number of rotatable bonds is 5. The van der Waals surface area contributed by atoms with Gasteiger partial charge in [0.15, 0.2) is 0 Å². The molecule has 36 heavy (non-hydrogen) atoms. The Hall–Kier alpha value is -3.94. The first-order chi connectivity index (χ1) is 17.8. The lowest BCUT2D eigenvalue weighted by Crippen LogP contribution is -2.30. The Morgan fingerprint density at radius 2 is 1.19 bits per heavy atom. The molecule has 0 radical (unpaired) electrons. The summed E-state index contributed by atoms with van der Waals surface area (Å²) in [6.45, 7) is 0. The van der Waals surface area contributed by atoms with Crippen LogP contribution in [0.15, 0.2) is 124 Å². The maximum Gasteiger partial charge on any atom is 0.242 e. The van der Waals surface area contributed by atoms with E-state index in [2.05, 4.69) is 10.2 Å². The number of para-hydroxylation sites is 2. The van der Waals surface area contributed by atoms with Crippen molar-refractivity contribution in [3.63, 3.8) is 0 Å². The second-order valence-electron chi connectivity index (χ2n) is 8.08. The van der Waals surface area contributed by atoms with E-state index >= 15 is 0 Å². The molecule has 0 saturated carbocycles. The third-order valence-electron chi connectivity index (χ3n) is 5.77. The van der Waals surface area contributed by atoms with Gasteiger partial charge in [-0.05, 0) is 24.3 Å². The lowest BCUT2D eigenvalue weighted by atomic mass is 10.0. The Balaban J connectivity index is 1.31. The predicted molar refractivity (Wildman–Crippen MR) is 146 cm³/mol.